The maximum Gasteiger partial charge on any atom is 1.00 e. The number of Topliss-reactive ketones (excluding diaryl/α,β-unsaturated/α-hetero) is 1. The predicted octanol–water partition coefficient (Wildman–Crippen LogP) is -1.10. The van der Waals surface area contributed by atoms with Gasteiger partial charge in [0.25, 0.3) is 0 Å². The molecule has 0 aromatic rings. The molecule has 0 heterocycles. The van der Waals surface area contributed by atoms with E-state index in [0.717, 1.165) is 32.1 Å². The van der Waals surface area contributed by atoms with Crippen LogP contribution in [0.3, 0.4) is 0 Å². The molecule has 0 amide bonds. The monoisotopic (exact) mass is 487 g/mol. The number of fused-ring (bicyclic) bond motifs is 5. The van der Waals surface area contributed by atoms with Crippen LogP contribution in [0.25, 0.3) is 0 Å². The Hall–Kier alpha value is 0.656. The fraction of sp³-hybridized carbons (Fsp3) is 0.923. The van der Waals surface area contributed by atoms with Gasteiger partial charge in [-0.1, -0.05) is 20.8 Å². The standard InChI is InChI=1S/C26H43NO5.K/c1-14(4-9-24(31)32)18-7-8-19-17-6-5-15-10-16(28)11-21(22(29)13-27)25(15,2)20(17)12-23(30)26(18,19)3;/h14-21,23,28,30H,4-13,27H2,1-3H3,(H,31,32);/q;+1/p-1/t14-,15-,16+,17?,18-,19?,20?,21?,23+,25+,26-;/m1./s1. The van der Waals surface area contributed by atoms with Crippen molar-refractivity contribution in [2.24, 2.45) is 58.0 Å². The molecular weight excluding hydrogens is 445 g/mol. The van der Waals surface area contributed by atoms with E-state index in [2.05, 4.69) is 20.8 Å². The van der Waals surface area contributed by atoms with Crippen LogP contribution in [-0.2, 0) is 9.59 Å². The Labute approximate surface area is 241 Å². The van der Waals surface area contributed by atoms with Crippen LogP contribution in [0.4, 0.5) is 0 Å². The van der Waals surface area contributed by atoms with Crippen LogP contribution in [0.2, 0.25) is 0 Å². The Morgan fingerprint density at radius 1 is 1.03 bits per heavy atom. The van der Waals surface area contributed by atoms with E-state index in [1.165, 1.54) is 0 Å². The topological polar surface area (TPSA) is 124 Å². The van der Waals surface area contributed by atoms with E-state index in [-0.39, 0.29) is 98.7 Å². The summed E-state index contributed by atoms with van der Waals surface area (Å²) in [6.45, 7) is 6.64. The van der Waals surface area contributed by atoms with Crippen LogP contribution in [0.1, 0.15) is 78.6 Å². The number of ketones is 1. The van der Waals surface area contributed by atoms with Crippen LogP contribution in [0.5, 0.6) is 0 Å². The van der Waals surface area contributed by atoms with Crippen LogP contribution in [-0.4, -0.2) is 40.7 Å². The van der Waals surface area contributed by atoms with Crippen LogP contribution < -0.4 is 62.2 Å². The Morgan fingerprint density at radius 2 is 1.73 bits per heavy atom. The fourth-order valence-electron chi connectivity index (χ4n) is 9.43. The molecule has 0 aromatic heterocycles. The molecule has 4 unspecified atom stereocenters. The third-order valence-electron chi connectivity index (χ3n) is 11.0. The number of carboxylic acids is 1. The molecule has 0 bridgehead atoms. The molecule has 11 atom stereocenters. The molecule has 0 radical (unpaired) electrons. The van der Waals surface area contributed by atoms with E-state index in [1.54, 1.807) is 0 Å². The van der Waals surface area contributed by atoms with E-state index >= 15 is 0 Å². The predicted molar refractivity (Wildman–Crippen MR) is 119 cm³/mol. The number of aliphatic hydroxyl groups excluding tert-OH is 2. The van der Waals surface area contributed by atoms with Crippen LogP contribution >= 0.6 is 0 Å². The molecule has 4 saturated carbocycles. The number of carboxylic acid groups (broad SMARTS) is 1. The second-order valence-corrected chi connectivity index (χ2v) is 12.1. The molecule has 7 heteroatoms. The molecule has 4 aliphatic rings. The molecule has 4 fully saturated rings. The van der Waals surface area contributed by atoms with Gasteiger partial charge in [0.05, 0.1) is 18.8 Å². The maximum atomic E-state index is 12.9. The summed E-state index contributed by atoms with van der Waals surface area (Å²) in [5.74, 6) is 0.784. The largest absolute Gasteiger partial charge is 1.00 e. The van der Waals surface area contributed by atoms with Crippen molar-refractivity contribution in [3.8, 4) is 0 Å². The summed E-state index contributed by atoms with van der Waals surface area (Å²) < 4.78 is 0. The van der Waals surface area contributed by atoms with E-state index in [1.807, 2.05) is 0 Å². The Morgan fingerprint density at radius 3 is 2.36 bits per heavy atom. The van der Waals surface area contributed by atoms with Crippen molar-refractivity contribution in [2.45, 2.75) is 90.8 Å². The molecule has 4 aliphatic carbocycles. The number of hydrogen-bond donors (Lipinski definition) is 3. The molecule has 182 valence electrons. The molecule has 0 aromatic carbocycles. The van der Waals surface area contributed by atoms with E-state index in [0.29, 0.717) is 42.9 Å². The first-order valence-corrected chi connectivity index (χ1v) is 12.8. The fourth-order valence-corrected chi connectivity index (χ4v) is 9.43. The van der Waals surface area contributed by atoms with Crippen molar-refractivity contribution in [1.29, 1.82) is 0 Å². The first-order chi connectivity index (χ1) is 15.0. The average molecular weight is 488 g/mol. The summed E-state index contributed by atoms with van der Waals surface area (Å²) in [6, 6.07) is 0. The van der Waals surface area contributed by atoms with Gasteiger partial charge in [0.15, 0.2) is 0 Å². The second-order valence-electron chi connectivity index (χ2n) is 12.1. The van der Waals surface area contributed by atoms with E-state index < -0.39 is 18.2 Å². The van der Waals surface area contributed by atoms with Gasteiger partial charge < -0.3 is 25.8 Å². The summed E-state index contributed by atoms with van der Waals surface area (Å²) in [4.78, 5) is 24.0. The molecule has 33 heavy (non-hydrogen) atoms. The second kappa shape index (κ2) is 10.6. The SMILES string of the molecule is C[C@H](CCC(=O)[O-])[C@H]1CCC2C3CC[C@@H]4C[C@H](O)CC(C(=O)CN)[C@]4(C)C3C[C@H](O)[C@@]21C.[K+]. The quantitative estimate of drug-likeness (QED) is 0.409. The number of aliphatic carboxylic acids is 1. The van der Waals surface area contributed by atoms with Crippen LogP contribution in [0, 0.1) is 52.3 Å². The minimum absolute atomic E-state index is 0. The first kappa shape index (κ1) is 28.2. The summed E-state index contributed by atoms with van der Waals surface area (Å²) >= 11 is 0. The Kier molecular flexibility index (Phi) is 9.04. The van der Waals surface area contributed by atoms with Crippen molar-refractivity contribution >= 4 is 11.8 Å². The van der Waals surface area contributed by atoms with Gasteiger partial charge in [-0.25, -0.2) is 0 Å². The van der Waals surface area contributed by atoms with Crippen LogP contribution in [0.15, 0.2) is 0 Å². The van der Waals surface area contributed by atoms with Gasteiger partial charge in [-0.3, -0.25) is 4.79 Å². The van der Waals surface area contributed by atoms with Crippen molar-refractivity contribution in [3.63, 3.8) is 0 Å². The summed E-state index contributed by atoms with van der Waals surface area (Å²) in [5, 5.41) is 33.2. The van der Waals surface area contributed by atoms with Gasteiger partial charge in [0, 0.05) is 11.9 Å². The van der Waals surface area contributed by atoms with Gasteiger partial charge in [-0.05, 0) is 104 Å². The molecular formula is C26H42KNO5. The molecule has 0 saturated heterocycles. The zero-order valence-electron chi connectivity index (χ0n) is 21.0. The third-order valence-corrected chi connectivity index (χ3v) is 11.0. The molecule has 0 aliphatic heterocycles. The Bertz CT molecular complexity index is 748. The van der Waals surface area contributed by atoms with Crippen molar-refractivity contribution in [2.75, 3.05) is 6.54 Å². The van der Waals surface area contributed by atoms with Crippen molar-refractivity contribution in [1.82, 2.24) is 0 Å². The third kappa shape index (κ3) is 4.60. The molecule has 6 nitrogen and oxygen atoms in total. The number of carbonyl (C=O) groups excluding carboxylic acids is 2. The normalized spacial score (nSPS) is 47.5. The zero-order valence-corrected chi connectivity index (χ0v) is 24.1. The summed E-state index contributed by atoms with van der Waals surface area (Å²) in [7, 11) is 0. The maximum absolute atomic E-state index is 12.9. The Balaban J connectivity index is 0.00000306. The van der Waals surface area contributed by atoms with Gasteiger partial charge in [-0.15, -0.1) is 0 Å². The molecule has 4 N–H and O–H groups in total. The number of aliphatic hydroxyl groups is 2. The van der Waals surface area contributed by atoms with Gasteiger partial charge in [0.1, 0.15) is 5.78 Å². The summed E-state index contributed by atoms with van der Waals surface area (Å²) in [5.41, 5.74) is 5.37. The average Bonchev–Trinajstić information content (AvgIpc) is 3.11. The van der Waals surface area contributed by atoms with Crippen molar-refractivity contribution in [3.05, 3.63) is 0 Å². The minimum Gasteiger partial charge on any atom is -0.550 e. The van der Waals surface area contributed by atoms with Gasteiger partial charge in [-0.2, -0.15) is 0 Å². The van der Waals surface area contributed by atoms with Crippen molar-refractivity contribution < 1.29 is 76.3 Å². The number of hydrogen-bond acceptors (Lipinski definition) is 6. The minimum atomic E-state index is -0.998. The molecule has 4 rings (SSSR count). The first-order valence-electron chi connectivity index (χ1n) is 12.8. The smallest absolute Gasteiger partial charge is 0.550 e. The van der Waals surface area contributed by atoms with Gasteiger partial charge in [0.2, 0.25) is 0 Å². The van der Waals surface area contributed by atoms with E-state index in [4.69, 9.17) is 5.73 Å². The van der Waals surface area contributed by atoms with E-state index in [9.17, 15) is 24.9 Å². The summed E-state index contributed by atoms with van der Waals surface area (Å²) in [6.07, 6.45) is 5.92. The zero-order chi connectivity index (χ0) is 23.4. The molecule has 0 spiro atoms. The number of nitrogens with two attached hydrogens (primary N) is 1. The van der Waals surface area contributed by atoms with Gasteiger partial charge >= 0.3 is 51.4 Å². The number of rotatable bonds is 6. The number of carbonyl (C=O) groups is 2.